The van der Waals surface area contributed by atoms with Gasteiger partial charge in [-0.25, -0.2) is 12.8 Å². The third-order valence-corrected chi connectivity index (χ3v) is 6.22. The van der Waals surface area contributed by atoms with Gasteiger partial charge in [0.15, 0.2) is 0 Å². The number of amides is 1. The lowest BCUT2D eigenvalue weighted by molar-refractivity contribution is -0.111. The smallest absolute Gasteiger partial charge is 0.248 e. The molecule has 0 bridgehead atoms. The summed E-state index contributed by atoms with van der Waals surface area (Å²) in [7, 11) is -2.47. The predicted octanol–water partition coefficient (Wildman–Crippen LogP) is 2.51. The third-order valence-electron chi connectivity index (χ3n) is 4.31. The van der Waals surface area contributed by atoms with Crippen molar-refractivity contribution in [2.75, 3.05) is 38.7 Å². The van der Waals surface area contributed by atoms with Crippen molar-refractivity contribution in [3.05, 3.63) is 59.9 Å². The number of hydrogen-bond acceptors (Lipinski definition) is 5. The van der Waals surface area contributed by atoms with E-state index in [9.17, 15) is 17.6 Å². The molecule has 2 aromatic rings. The lowest BCUT2D eigenvalue weighted by Crippen LogP contribution is -2.40. The molecule has 7 nitrogen and oxygen atoms in total. The fourth-order valence-electron chi connectivity index (χ4n) is 2.81. The van der Waals surface area contributed by atoms with Crippen LogP contribution in [0.1, 0.15) is 5.56 Å². The number of ether oxygens (including phenoxy) is 2. The number of carbonyl (C=O) groups is 1. The molecule has 154 valence electrons. The molecule has 0 radical (unpaired) electrons. The van der Waals surface area contributed by atoms with E-state index in [4.69, 9.17) is 9.47 Å². The third kappa shape index (κ3) is 5.20. The molecule has 3 rings (SSSR count). The van der Waals surface area contributed by atoms with Crippen molar-refractivity contribution in [3.8, 4) is 5.75 Å². The monoisotopic (exact) mass is 420 g/mol. The van der Waals surface area contributed by atoms with Gasteiger partial charge in [0.25, 0.3) is 0 Å². The summed E-state index contributed by atoms with van der Waals surface area (Å²) in [6.07, 6.45) is 2.89. The molecule has 0 aromatic heterocycles. The second kappa shape index (κ2) is 9.17. The van der Waals surface area contributed by atoms with Gasteiger partial charge in [0.1, 0.15) is 16.5 Å². The Hall–Kier alpha value is -2.75. The van der Waals surface area contributed by atoms with Gasteiger partial charge in [0.05, 0.1) is 20.3 Å². The summed E-state index contributed by atoms with van der Waals surface area (Å²) in [5.74, 6) is -0.695. The van der Waals surface area contributed by atoms with Gasteiger partial charge < -0.3 is 14.8 Å². The van der Waals surface area contributed by atoms with Gasteiger partial charge in [-0.15, -0.1) is 0 Å². The van der Waals surface area contributed by atoms with E-state index in [2.05, 4.69) is 5.32 Å². The van der Waals surface area contributed by atoms with Crippen LogP contribution in [-0.2, 0) is 19.6 Å². The number of rotatable bonds is 6. The molecule has 1 saturated heterocycles. The predicted molar refractivity (Wildman–Crippen MR) is 107 cm³/mol. The Morgan fingerprint density at radius 3 is 2.69 bits per heavy atom. The van der Waals surface area contributed by atoms with Crippen molar-refractivity contribution >= 4 is 27.7 Å². The van der Waals surface area contributed by atoms with Crippen LogP contribution in [0.2, 0.25) is 0 Å². The van der Waals surface area contributed by atoms with Crippen molar-refractivity contribution in [2.24, 2.45) is 0 Å². The molecule has 0 unspecified atom stereocenters. The zero-order valence-electron chi connectivity index (χ0n) is 15.8. The van der Waals surface area contributed by atoms with E-state index in [1.807, 2.05) is 0 Å². The van der Waals surface area contributed by atoms with Gasteiger partial charge in [-0.3, -0.25) is 4.79 Å². The molecular weight excluding hydrogens is 399 g/mol. The highest BCUT2D eigenvalue weighted by Gasteiger charge is 2.29. The van der Waals surface area contributed by atoms with Crippen LogP contribution in [0.5, 0.6) is 5.75 Å². The molecule has 0 aliphatic carbocycles. The first-order chi connectivity index (χ1) is 13.9. The summed E-state index contributed by atoms with van der Waals surface area (Å²) in [5, 5.41) is 2.55. The highest BCUT2D eigenvalue weighted by Crippen LogP contribution is 2.24. The van der Waals surface area contributed by atoms with E-state index in [0.29, 0.717) is 5.75 Å². The lowest BCUT2D eigenvalue weighted by Gasteiger charge is -2.26. The molecule has 0 spiro atoms. The van der Waals surface area contributed by atoms with Gasteiger partial charge >= 0.3 is 0 Å². The number of benzene rings is 2. The maximum Gasteiger partial charge on any atom is 0.248 e. The quantitative estimate of drug-likeness (QED) is 0.726. The van der Waals surface area contributed by atoms with Gasteiger partial charge in [-0.1, -0.05) is 12.1 Å². The average Bonchev–Trinajstić information content (AvgIpc) is 2.74. The maximum absolute atomic E-state index is 14.2. The fraction of sp³-hybridized carbons (Fsp3) is 0.250. The Labute approximate surface area is 168 Å². The number of carbonyl (C=O) groups excluding carboxylic acids is 1. The van der Waals surface area contributed by atoms with Crippen LogP contribution in [0.25, 0.3) is 6.08 Å². The summed E-state index contributed by atoms with van der Waals surface area (Å²) >= 11 is 0. The Bertz CT molecular complexity index is 1020. The number of methoxy groups -OCH3 is 1. The minimum atomic E-state index is -4.02. The van der Waals surface area contributed by atoms with Crippen molar-refractivity contribution in [1.82, 2.24) is 4.31 Å². The first-order valence-electron chi connectivity index (χ1n) is 8.91. The topological polar surface area (TPSA) is 84.9 Å². The Morgan fingerprint density at radius 2 is 1.97 bits per heavy atom. The Balaban J connectivity index is 1.75. The lowest BCUT2D eigenvalue weighted by atomic mass is 10.2. The first-order valence-corrected chi connectivity index (χ1v) is 10.3. The van der Waals surface area contributed by atoms with Gasteiger partial charge in [-0.05, 0) is 42.0 Å². The molecule has 2 aromatic carbocycles. The first kappa shape index (κ1) is 21.0. The van der Waals surface area contributed by atoms with Crippen LogP contribution in [0.15, 0.2) is 53.4 Å². The molecular formula is C20H21FN2O5S. The van der Waals surface area contributed by atoms with Gasteiger partial charge in [-0.2, -0.15) is 4.31 Å². The number of hydrogen-bond donors (Lipinski definition) is 1. The van der Waals surface area contributed by atoms with Crippen LogP contribution in [-0.4, -0.2) is 52.0 Å². The molecule has 1 fully saturated rings. The molecule has 1 amide bonds. The SMILES string of the molecule is COc1cccc(/C=C/C(=O)Nc2ccc(F)c(S(=O)(=O)N3CCOCC3)c2)c1. The van der Waals surface area contributed by atoms with Crippen molar-refractivity contribution < 1.29 is 27.1 Å². The number of anilines is 1. The number of halogens is 1. The van der Waals surface area contributed by atoms with E-state index in [1.165, 1.54) is 16.4 Å². The van der Waals surface area contributed by atoms with E-state index >= 15 is 0 Å². The minimum absolute atomic E-state index is 0.154. The number of morpholine rings is 1. The summed E-state index contributed by atoms with van der Waals surface area (Å²) < 4.78 is 51.1. The van der Waals surface area contributed by atoms with Crippen molar-refractivity contribution in [3.63, 3.8) is 0 Å². The summed E-state index contributed by atoms with van der Waals surface area (Å²) in [4.78, 5) is 11.7. The zero-order valence-corrected chi connectivity index (χ0v) is 16.6. The molecule has 1 aliphatic heterocycles. The van der Waals surface area contributed by atoms with Crippen LogP contribution >= 0.6 is 0 Å². The molecule has 9 heteroatoms. The van der Waals surface area contributed by atoms with Crippen LogP contribution < -0.4 is 10.1 Å². The number of nitrogens with one attached hydrogen (secondary N) is 1. The summed E-state index contributed by atoms with van der Waals surface area (Å²) in [6, 6.07) is 10.6. The van der Waals surface area contributed by atoms with Crippen LogP contribution in [0, 0.1) is 5.82 Å². The normalized spacial score (nSPS) is 15.4. The average molecular weight is 420 g/mol. The second-order valence-electron chi connectivity index (χ2n) is 6.26. The van der Waals surface area contributed by atoms with Crippen molar-refractivity contribution in [2.45, 2.75) is 4.90 Å². The van der Waals surface area contributed by atoms with Gasteiger partial charge in [0.2, 0.25) is 15.9 Å². The molecule has 1 N–H and O–H groups in total. The van der Waals surface area contributed by atoms with E-state index in [0.717, 1.165) is 17.7 Å². The molecule has 0 saturated carbocycles. The highest BCUT2D eigenvalue weighted by atomic mass is 32.2. The Kier molecular flexibility index (Phi) is 6.63. The minimum Gasteiger partial charge on any atom is -0.497 e. The van der Waals surface area contributed by atoms with E-state index in [-0.39, 0.29) is 32.0 Å². The van der Waals surface area contributed by atoms with E-state index < -0.39 is 26.6 Å². The summed E-state index contributed by atoms with van der Waals surface area (Å²) in [6.45, 7) is 0.821. The van der Waals surface area contributed by atoms with Crippen LogP contribution in [0.4, 0.5) is 10.1 Å². The molecule has 1 aliphatic rings. The molecule has 0 atom stereocenters. The zero-order chi connectivity index (χ0) is 20.9. The second-order valence-corrected chi connectivity index (χ2v) is 8.17. The largest absolute Gasteiger partial charge is 0.497 e. The standard InChI is InChI=1S/C20H21FN2O5S/c1-27-17-4-2-3-15(13-17)5-8-20(24)22-16-6-7-18(21)19(14-16)29(25,26)23-9-11-28-12-10-23/h2-8,13-14H,9-12H2,1H3,(H,22,24)/b8-5+. The maximum atomic E-state index is 14.2. The van der Waals surface area contributed by atoms with Gasteiger partial charge in [0, 0.05) is 24.9 Å². The molecule has 29 heavy (non-hydrogen) atoms. The molecule has 1 heterocycles. The van der Waals surface area contributed by atoms with Crippen molar-refractivity contribution in [1.29, 1.82) is 0 Å². The number of sulfonamides is 1. The fourth-order valence-corrected chi connectivity index (χ4v) is 4.30. The Morgan fingerprint density at radius 1 is 1.21 bits per heavy atom. The number of nitrogens with zero attached hydrogens (tertiary/aromatic N) is 1. The highest BCUT2D eigenvalue weighted by molar-refractivity contribution is 7.89. The van der Waals surface area contributed by atoms with Crippen LogP contribution in [0.3, 0.4) is 0 Å². The summed E-state index contributed by atoms with van der Waals surface area (Å²) in [5.41, 5.74) is 0.938. The van der Waals surface area contributed by atoms with E-state index in [1.54, 1.807) is 37.5 Å².